The maximum Gasteiger partial charge on any atom is 0.242 e. The fourth-order valence-corrected chi connectivity index (χ4v) is 2.37. The predicted octanol–water partition coefficient (Wildman–Crippen LogP) is 2.71. The van der Waals surface area contributed by atoms with Crippen molar-refractivity contribution in [3.63, 3.8) is 0 Å². The Morgan fingerprint density at radius 1 is 1.47 bits per heavy atom. The predicted molar refractivity (Wildman–Crippen MR) is 79.2 cm³/mol. The van der Waals surface area contributed by atoms with E-state index in [0.29, 0.717) is 6.61 Å². The summed E-state index contributed by atoms with van der Waals surface area (Å²) in [7, 11) is 1.63. The second-order valence-electron chi connectivity index (χ2n) is 3.50. The molecule has 0 aliphatic heterocycles. The summed E-state index contributed by atoms with van der Waals surface area (Å²) in [5.74, 6) is -0.122. The molecule has 1 unspecified atom stereocenters. The molecule has 1 rings (SSSR count). The van der Waals surface area contributed by atoms with Crippen molar-refractivity contribution >= 4 is 45.8 Å². The number of nitrogens with zero attached hydrogens (tertiary/aromatic N) is 1. The van der Waals surface area contributed by atoms with Crippen molar-refractivity contribution < 1.29 is 9.53 Å². The van der Waals surface area contributed by atoms with E-state index in [-0.39, 0.29) is 17.8 Å². The molecule has 0 bridgehead atoms. The summed E-state index contributed by atoms with van der Waals surface area (Å²) < 4.78 is 5.94. The van der Waals surface area contributed by atoms with Crippen LogP contribution in [0.4, 0.5) is 5.69 Å². The summed E-state index contributed by atoms with van der Waals surface area (Å²) in [6.07, 6.45) is 0. The average Bonchev–Trinajstić information content (AvgIpc) is 2.39. The highest BCUT2D eigenvalue weighted by Gasteiger charge is 2.23. The Morgan fingerprint density at radius 2 is 2.12 bits per heavy atom. The van der Waals surface area contributed by atoms with Crippen molar-refractivity contribution in [1.82, 2.24) is 0 Å². The minimum Gasteiger partial charge on any atom is -0.383 e. The van der Waals surface area contributed by atoms with Crippen LogP contribution in [0.3, 0.4) is 0 Å². The van der Waals surface area contributed by atoms with Crippen LogP contribution in [0.15, 0.2) is 30.3 Å². The van der Waals surface area contributed by atoms with Gasteiger partial charge in [-0.2, -0.15) is 0 Å². The summed E-state index contributed by atoms with van der Waals surface area (Å²) in [5.41, 5.74) is 0.858. The number of para-hydroxylation sites is 1. The van der Waals surface area contributed by atoms with Crippen LogP contribution in [0.25, 0.3) is 0 Å². The van der Waals surface area contributed by atoms with Crippen molar-refractivity contribution in [2.75, 3.05) is 28.9 Å². The largest absolute Gasteiger partial charge is 0.383 e. The van der Waals surface area contributed by atoms with Gasteiger partial charge in [0.1, 0.15) is 5.88 Å². The molecule has 5 heteroatoms. The van der Waals surface area contributed by atoms with Gasteiger partial charge in [0.2, 0.25) is 5.91 Å². The van der Waals surface area contributed by atoms with Gasteiger partial charge in [-0.15, -0.1) is 11.6 Å². The Kier molecular flexibility index (Phi) is 6.84. The van der Waals surface area contributed by atoms with E-state index in [4.69, 9.17) is 16.3 Å². The van der Waals surface area contributed by atoms with E-state index >= 15 is 0 Å². The molecule has 94 valence electrons. The van der Waals surface area contributed by atoms with Gasteiger partial charge in [0.25, 0.3) is 0 Å². The number of methoxy groups -OCH3 is 1. The number of hydrogen-bond donors (Lipinski definition) is 0. The number of anilines is 1. The van der Waals surface area contributed by atoms with Crippen molar-refractivity contribution in [3.8, 4) is 0 Å². The minimum absolute atomic E-state index is 0.00856. The van der Waals surface area contributed by atoms with E-state index in [1.54, 1.807) is 12.0 Å². The number of amides is 1. The normalized spacial score (nSPS) is 12.2. The zero-order chi connectivity index (χ0) is 12.7. The molecule has 0 radical (unpaired) electrons. The fraction of sp³-hybridized carbons (Fsp3) is 0.417. The van der Waals surface area contributed by atoms with Crippen LogP contribution >= 0.6 is 34.2 Å². The number of rotatable bonds is 6. The van der Waals surface area contributed by atoms with E-state index < -0.39 is 0 Å². The first-order valence-electron chi connectivity index (χ1n) is 5.22. The maximum atomic E-state index is 11.9. The van der Waals surface area contributed by atoms with Crippen LogP contribution in [0.5, 0.6) is 0 Å². The molecule has 3 nitrogen and oxygen atoms in total. The molecular formula is C12H15ClINO2. The molecule has 0 fully saturated rings. The van der Waals surface area contributed by atoms with Gasteiger partial charge in [-0.25, -0.2) is 0 Å². The third kappa shape index (κ3) is 4.12. The molecule has 0 heterocycles. The quantitative estimate of drug-likeness (QED) is 0.571. The zero-order valence-electron chi connectivity index (χ0n) is 9.61. The Hall–Kier alpha value is -0.330. The van der Waals surface area contributed by atoms with Crippen LogP contribution in [-0.2, 0) is 9.53 Å². The lowest BCUT2D eigenvalue weighted by molar-refractivity contribution is -0.116. The van der Waals surface area contributed by atoms with Crippen molar-refractivity contribution in [2.45, 2.75) is 6.04 Å². The number of ether oxygens (including phenoxy) is 1. The molecule has 1 amide bonds. The van der Waals surface area contributed by atoms with Gasteiger partial charge < -0.3 is 9.64 Å². The Labute approximate surface area is 120 Å². The standard InChI is InChI=1S/C12H15ClINO2/c1-17-9-11(8-14)15(12(16)7-13)10-5-3-2-4-6-10/h2-6,11H,7-9H2,1H3. The molecule has 0 aliphatic carbocycles. The second kappa shape index (κ2) is 7.89. The van der Waals surface area contributed by atoms with Crippen LogP contribution < -0.4 is 4.90 Å². The highest BCUT2D eigenvalue weighted by atomic mass is 127. The molecule has 1 aromatic carbocycles. The summed E-state index contributed by atoms with van der Waals surface area (Å²) in [5, 5.41) is 0. The Bertz CT molecular complexity index is 348. The molecular weight excluding hydrogens is 352 g/mol. The topological polar surface area (TPSA) is 29.5 Å². The summed E-state index contributed by atoms with van der Waals surface area (Å²) in [6, 6.07) is 9.54. The third-order valence-electron chi connectivity index (χ3n) is 2.32. The van der Waals surface area contributed by atoms with Gasteiger partial charge in [-0.05, 0) is 12.1 Å². The number of alkyl halides is 2. The summed E-state index contributed by atoms with van der Waals surface area (Å²) >= 11 is 7.91. The second-order valence-corrected chi connectivity index (χ2v) is 4.64. The highest BCUT2D eigenvalue weighted by Crippen LogP contribution is 2.19. The van der Waals surface area contributed by atoms with E-state index in [2.05, 4.69) is 22.6 Å². The van der Waals surface area contributed by atoms with Gasteiger partial charge in [0.15, 0.2) is 0 Å². The fourth-order valence-electron chi connectivity index (χ4n) is 1.59. The number of carbonyl (C=O) groups excluding carboxylic acids is 1. The van der Waals surface area contributed by atoms with E-state index in [9.17, 15) is 4.79 Å². The van der Waals surface area contributed by atoms with Crippen molar-refractivity contribution in [1.29, 1.82) is 0 Å². The number of carbonyl (C=O) groups is 1. The first kappa shape index (κ1) is 14.7. The van der Waals surface area contributed by atoms with E-state index in [0.717, 1.165) is 10.1 Å². The third-order valence-corrected chi connectivity index (χ3v) is 3.57. The molecule has 0 aliphatic rings. The molecule has 0 spiro atoms. The van der Waals surface area contributed by atoms with Crippen LogP contribution in [-0.4, -0.2) is 36.0 Å². The summed E-state index contributed by atoms with van der Waals surface area (Å²) in [6.45, 7) is 0.500. The van der Waals surface area contributed by atoms with Crippen LogP contribution in [0, 0.1) is 0 Å². The zero-order valence-corrected chi connectivity index (χ0v) is 12.5. The number of hydrogen-bond acceptors (Lipinski definition) is 2. The van der Waals surface area contributed by atoms with Crippen molar-refractivity contribution in [3.05, 3.63) is 30.3 Å². The first-order valence-corrected chi connectivity index (χ1v) is 7.28. The van der Waals surface area contributed by atoms with Gasteiger partial charge >= 0.3 is 0 Å². The lowest BCUT2D eigenvalue weighted by Crippen LogP contribution is -2.45. The lowest BCUT2D eigenvalue weighted by atomic mass is 10.2. The summed E-state index contributed by atoms with van der Waals surface area (Å²) in [4.78, 5) is 13.6. The molecule has 0 saturated carbocycles. The van der Waals surface area contributed by atoms with Gasteiger partial charge in [0, 0.05) is 17.2 Å². The molecule has 17 heavy (non-hydrogen) atoms. The molecule has 1 atom stereocenters. The molecule has 0 saturated heterocycles. The Morgan fingerprint density at radius 3 is 2.59 bits per heavy atom. The molecule has 0 N–H and O–H groups in total. The molecule has 1 aromatic rings. The minimum atomic E-state index is -0.100. The maximum absolute atomic E-state index is 11.9. The van der Waals surface area contributed by atoms with Gasteiger partial charge in [-0.3, -0.25) is 4.79 Å². The van der Waals surface area contributed by atoms with Gasteiger partial charge in [0.05, 0.1) is 12.6 Å². The highest BCUT2D eigenvalue weighted by molar-refractivity contribution is 14.1. The smallest absolute Gasteiger partial charge is 0.242 e. The molecule has 0 aromatic heterocycles. The Balaban J connectivity index is 2.98. The monoisotopic (exact) mass is 367 g/mol. The van der Waals surface area contributed by atoms with Gasteiger partial charge in [-0.1, -0.05) is 40.8 Å². The number of benzene rings is 1. The number of halogens is 2. The van der Waals surface area contributed by atoms with Crippen molar-refractivity contribution in [2.24, 2.45) is 0 Å². The van der Waals surface area contributed by atoms with E-state index in [1.807, 2.05) is 30.3 Å². The van der Waals surface area contributed by atoms with E-state index in [1.165, 1.54) is 0 Å². The lowest BCUT2D eigenvalue weighted by Gasteiger charge is -2.29. The first-order chi connectivity index (χ1) is 8.24. The SMILES string of the molecule is COCC(CI)N(C(=O)CCl)c1ccccc1. The van der Waals surface area contributed by atoms with Crippen LogP contribution in [0.1, 0.15) is 0 Å². The van der Waals surface area contributed by atoms with Crippen LogP contribution in [0.2, 0.25) is 0 Å². The average molecular weight is 368 g/mol.